The molecule has 1 heterocycles. The van der Waals surface area contributed by atoms with E-state index in [4.69, 9.17) is 9.15 Å². The zero-order valence-corrected chi connectivity index (χ0v) is 13.9. The lowest BCUT2D eigenvalue weighted by Gasteiger charge is -2.07. The van der Waals surface area contributed by atoms with Gasteiger partial charge in [0.2, 0.25) is 5.76 Å². The standard InChI is InChI=1S/C16H9Br2NO2/c17-8-10-5-6-11(7-13(10)18)20-16-12-3-1-2-4-14(12)21-15(16)9-19/h1-7H,8H2. The molecule has 21 heavy (non-hydrogen) atoms. The summed E-state index contributed by atoms with van der Waals surface area (Å²) in [6.07, 6.45) is 0. The first-order valence-corrected chi connectivity index (χ1v) is 8.08. The van der Waals surface area contributed by atoms with E-state index < -0.39 is 0 Å². The van der Waals surface area contributed by atoms with Crippen molar-refractivity contribution >= 4 is 42.8 Å². The lowest BCUT2D eigenvalue weighted by atomic mass is 10.2. The number of ether oxygens (including phenoxy) is 1. The summed E-state index contributed by atoms with van der Waals surface area (Å²) in [7, 11) is 0. The molecule has 0 atom stereocenters. The van der Waals surface area contributed by atoms with Gasteiger partial charge in [0, 0.05) is 9.80 Å². The summed E-state index contributed by atoms with van der Waals surface area (Å²) in [5.41, 5.74) is 1.76. The quantitative estimate of drug-likeness (QED) is 0.520. The fraction of sp³-hybridized carbons (Fsp3) is 0.0625. The maximum absolute atomic E-state index is 9.20. The number of rotatable bonds is 3. The Hall–Kier alpha value is -1.77. The minimum atomic E-state index is 0.178. The third-order valence-corrected chi connectivity index (χ3v) is 4.38. The van der Waals surface area contributed by atoms with Crippen molar-refractivity contribution in [1.82, 2.24) is 0 Å². The number of hydrogen-bond acceptors (Lipinski definition) is 3. The van der Waals surface area contributed by atoms with Gasteiger partial charge in [0.05, 0.1) is 5.39 Å². The van der Waals surface area contributed by atoms with Crippen LogP contribution in [0, 0.1) is 11.3 Å². The van der Waals surface area contributed by atoms with E-state index in [1.165, 1.54) is 0 Å². The fourth-order valence-electron chi connectivity index (χ4n) is 2.01. The summed E-state index contributed by atoms with van der Waals surface area (Å²) < 4.78 is 12.3. The SMILES string of the molecule is N#Cc1oc2ccccc2c1Oc1ccc(CBr)c(Br)c1. The summed E-state index contributed by atoms with van der Waals surface area (Å²) in [6.45, 7) is 0. The summed E-state index contributed by atoms with van der Waals surface area (Å²) >= 11 is 6.92. The fourth-order valence-corrected chi connectivity index (χ4v) is 3.38. The largest absolute Gasteiger partial charge is 0.452 e. The van der Waals surface area contributed by atoms with Gasteiger partial charge in [-0.3, -0.25) is 0 Å². The molecule has 0 aliphatic heterocycles. The predicted molar refractivity (Wildman–Crippen MR) is 87.8 cm³/mol. The van der Waals surface area contributed by atoms with E-state index in [0.29, 0.717) is 17.1 Å². The molecule has 0 radical (unpaired) electrons. The highest BCUT2D eigenvalue weighted by molar-refractivity contribution is 9.10. The zero-order chi connectivity index (χ0) is 14.8. The predicted octanol–water partition coefficient (Wildman–Crippen LogP) is 5.75. The van der Waals surface area contributed by atoms with Crippen molar-refractivity contribution in [3.63, 3.8) is 0 Å². The van der Waals surface area contributed by atoms with Crippen molar-refractivity contribution in [2.45, 2.75) is 5.33 Å². The molecule has 3 nitrogen and oxygen atoms in total. The Balaban J connectivity index is 2.05. The van der Waals surface area contributed by atoms with Gasteiger partial charge in [-0.2, -0.15) is 5.26 Å². The zero-order valence-electron chi connectivity index (χ0n) is 10.8. The van der Waals surface area contributed by atoms with Crippen molar-refractivity contribution in [2.24, 2.45) is 0 Å². The molecule has 0 unspecified atom stereocenters. The maximum atomic E-state index is 9.20. The third kappa shape index (κ3) is 2.69. The molecular formula is C16H9Br2NO2. The van der Waals surface area contributed by atoms with Crippen LogP contribution in [-0.2, 0) is 5.33 Å². The minimum Gasteiger partial charge on any atom is -0.452 e. The number of fused-ring (bicyclic) bond motifs is 1. The van der Waals surface area contributed by atoms with E-state index in [-0.39, 0.29) is 5.76 Å². The second-order valence-corrected chi connectivity index (χ2v) is 5.77. The van der Waals surface area contributed by atoms with Crippen LogP contribution in [-0.4, -0.2) is 0 Å². The Morgan fingerprint density at radius 1 is 1.19 bits per heavy atom. The number of halogens is 2. The Morgan fingerprint density at radius 3 is 2.71 bits per heavy atom. The number of para-hydroxylation sites is 1. The Bertz CT molecular complexity index is 849. The first kappa shape index (κ1) is 14.2. The molecule has 0 aliphatic rings. The van der Waals surface area contributed by atoms with Crippen LogP contribution in [0.1, 0.15) is 11.3 Å². The molecule has 2 aromatic carbocycles. The number of furan rings is 1. The van der Waals surface area contributed by atoms with E-state index in [2.05, 4.69) is 31.9 Å². The number of nitrogens with zero attached hydrogens (tertiary/aromatic N) is 1. The van der Waals surface area contributed by atoms with Gasteiger partial charge in [-0.05, 0) is 29.8 Å². The molecule has 0 amide bonds. The molecule has 3 aromatic rings. The topological polar surface area (TPSA) is 46.2 Å². The highest BCUT2D eigenvalue weighted by atomic mass is 79.9. The number of nitriles is 1. The normalized spacial score (nSPS) is 10.5. The number of alkyl halides is 1. The average Bonchev–Trinajstić information content (AvgIpc) is 2.86. The lowest BCUT2D eigenvalue weighted by Crippen LogP contribution is -1.87. The van der Waals surface area contributed by atoms with Crippen LogP contribution in [0.3, 0.4) is 0 Å². The molecule has 0 saturated carbocycles. The Kier molecular flexibility index (Phi) is 4.00. The van der Waals surface area contributed by atoms with Crippen molar-refractivity contribution < 1.29 is 9.15 Å². The van der Waals surface area contributed by atoms with Crippen molar-refractivity contribution in [2.75, 3.05) is 0 Å². The van der Waals surface area contributed by atoms with Gasteiger partial charge in [-0.25, -0.2) is 0 Å². The maximum Gasteiger partial charge on any atom is 0.247 e. The molecular weight excluding hydrogens is 398 g/mol. The third-order valence-electron chi connectivity index (χ3n) is 3.04. The van der Waals surface area contributed by atoms with Gasteiger partial charge in [-0.15, -0.1) is 0 Å². The van der Waals surface area contributed by atoms with E-state index in [9.17, 15) is 5.26 Å². The summed E-state index contributed by atoms with van der Waals surface area (Å²) in [5, 5.41) is 10.7. The molecule has 0 aliphatic carbocycles. The summed E-state index contributed by atoms with van der Waals surface area (Å²) in [6, 6.07) is 15.2. The van der Waals surface area contributed by atoms with Gasteiger partial charge in [0.25, 0.3) is 0 Å². The molecule has 3 rings (SSSR count). The van der Waals surface area contributed by atoms with Gasteiger partial charge in [-0.1, -0.05) is 50.1 Å². The van der Waals surface area contributed by atoms with Crippen LogP contribution < -0.4 is 4.74 Å². The van der Waals surface area contributed by atoms with E-state index in [1.54, 1.807) is 0 Å². The number of benzene rings is 2. The van der Waals surface area contributed by atoms with E-state index in [0.717, 1.165) is 20.8 Å². The van der Waals surface area contributed by atoms with Crippen LogP contribution in [0.2, 0.25) is 0 Å². The minimum absolute atomic E-state index is 0.178. The van der Waals surface area contributed by atoms with Crippen LogP contribution >= 0.6 is 31.9 Å². The van der Waals surface area contributed by atoms with Gasteiger partial charge < -0.3 is 9.15 Å². The Morgan fingerprint density at radius 2 is 2.00 bits per heavy atom. The van der Waals surface area contributed by atoms with Crippen LogP contribution in [0.25, 0.3) is 11.0 Å². The summed E-state index contributed by atoms with van der Waals surface area (Å²) in [5.74, 6) is 1.28. The van der Waals surface area contributed by atoms with Crippen molar-refractivity contribution in [3.05, 3.63) is 58.3 Å². The molecule has 0 fully saturated rings. The van der Waals surface area contributed by atoms with Crippen LogP contribution in [0.5, 0.6) is 11.5 Å². The lowest BCUT2D eigenvalue weighted by molar-refractivity contribution is 0.466. The molecule has 1 aromatic heterocycles. The second-order valence-electron chi connectivity index (χ2n) is 4.36. The van der Waals surface area contributed by atoms with E-state index >= 15 is 0 Å². The molecule has 0 bridgehead atoms. The molecule has 0 N–H and O–H groups in total. The average molecular weight is 407 g/mol. The van der Waals surface area contributed by atoms with Gasteiger partial charge in [0.1, 0.15) is 17.4 Å². The monoisotopic (exact) mass is 405 g/mol. The smallest absolute Gasteiger partial charge is 0.247 e. The highest BCUT2D eigenvalue weighted by Gasteiger charge is 2.16. The summed E-state index contributed by atoms with van der Waals surface area (Å²) in [4.78, 5) is 0. The van der Waals surface area contributed by atoms with Crippen molar-refractivity contribution in [3.8, 4) is 17.6 Å². The van der Waals surface area contributed by atoms with Crippen LogP contribution in [0.15, 0.2) is 51.4 Å². The van der Waals surface area contributed by atoms with Gasteiger partial charge in [0.15, 0.2) is 5.75 Å². The molecule has 104 valence electrons. The number of hydrogen-bond donors (Lipinski definition) is 0. The van der Waals surface area contributed by atoms with Gasteiger partial charge >= 0.3 is 0 Å². The van der Waals surface area contributed by atoms with Crippen LogP contribution in [0.4, 0.5) is 0 Å². The van der Waals surface area contributed by atoms with Crippen molar-refractivity contribution in [1.29, 1.82) is 5.26 Å². The highest BCUT2D eigenvalue weighted by Crippen LogP contribution is 2.37. The molecule has 5 heteroatoms. The molecule has 0 spiro atoms. The second kappa shape index (κ2) is 5.92. The first-order chi connectivity index (χ1) is 10.2. The Labute approximate surface area is 138 Å². The molecule has 0 saturated heterocycles. The van der Waals surface area contributed by atoms with E-state index in [1.807, 2.05) is 48.5 Å². The first-order valence-electron chi connectivity index (χ1n) is 6.17.